The second-order valence-electron chi connectivity index (χ2n) is 3.02. The largest absolute Gasteiger partial charge is 0.206 e. The minimum atomic E-state index is -0.0853. The van der Waals surface area contributed by atoms with Crippen LogP contribution in [0.3, 0.4) is 0 Å². The van der Waals surface area contributed by atoms with E-state index in [1.54, 1.807) is 13.8 Å². The van der Waals surface area contributed by atoms with Gasteiger partial charge in [-0.1, -0.05) is 12.1 Å². The molecule has 0 unspecified atom stereocenters. The minimum absolute atomic E-state index is 0.0853. The van der Waals surface area contributed by atoms with Gasteiger partial charge < -0.3 is 0 Å². The van der Waals surface area contributed by atoms with Gasteiger partial charge in [0.1, 0.15) is 5.82 Å². The quantitative estimate of drug-likeness (QED) is 0.671. The molecule has 66 valence electrons. The molecule has 0 aromatic heterocycles. The van der Waals surface area contributed by atoms with Gasteiger partial charge in [0, 0.05) is 0 Å². The number of halogens is 1. The molecule has 0 aliphatic carbocycles. The van der Waals surface area contributed by atoms with Crippen molar-refractivity contribution in [1.82, 2.24) is 0 Å². The van der Waals surface area contributed by atoms with Gasteiger partial charge in [-0.25, -0.2) is 4.39 Å². The first-order chi connectivity index (χ1) is 5.65. The first kappa shape index (κ1) is 9.59. The smallest absolute Gasteiger partial charge is 0.129 e. The molecule has 1 aromatic carbocycles. The summed E-state index contributed by atoms with van der Waals surface area (Å²) in [5, 5.41) is 0. The van der Waals surface area contributed by atoms with Crippen LogP contribution in [0.15, 0.2) is 12.1 Å². The minimum Gasteiger partial charge on any atom is -0.206 e. The molecule has 0 saturated heterocycles. The maximum atomic E-state index is 13.1. The Hall–Kier alpha value is -0.500. The standard InChI is InChI=1S/C10H13FS/c1-7-5-9(3-4-12)6-8(2)10(7)11/h5-6,12H,3-4H2,1-2H3. The van der Waals surface area contributed by atoms with Gasteiger partial charge in [-0.2, -0.15) is 12.6 Å². The Kier molecular flexibility index (Phi) is 3.15. The van der Waals surface area contributed by atoms with E-state index in [-0.39, 0.29) is 5.82 Å². The van der Waals surface area contributed by atoms with Gasteiger partial charge in [0.05, 0.1) is 0 Å². The lowest BCUT2D eigenvalue weighted by Gasteiger charge is -2.04. The highest BCUT2D eigenvalue weighted by atomic mass is 32.1. The Morgan fingerprint density at radius 2 is 1.75 bits per heavy atom. The lowest BCUT2D eigenvalue weighted by Crippen LogP contribution is -1.93. The van der Waals surface area contributed by atoms with E-state index >= 15 is 0 Å². The van der Waals surface area contributed by atoms with Crippen molar-refractivity contribution in [2.75, 3.05) is 5.75 Å². The zero-order chi connectivity index (χ0) is 9.14. The summed E-state index contributed by atoms with van der Waals surface area (Å²) >= 11 is 4.13. The van der Waals surface area contributed by atoms with Crippen molar-refractivity contribution in [3.8, 4) is 0 Å². The second-order valence-corrected chi connectivity index (χ2v) is 3.46. The molecule has 0 atom stereocenters. The third-order valence-electron chi connectivity index (χ3n) is 1.90. The highest BCUT2D eigenvalue weighted by Crippen LogP contribution is 2.15. The Balaban J connectivity index is 3.04. The van der Waals surface area contributed by atoms with Crippen molar-refractivity contribution < 1.29 is 4.39 Å². The van der Waals surface area contributed by atoms with Crippen LogP contribution < -0.4 is 0 Å². The van der Waals surface area contributed by atoms with Crippen LogP contribution in [0.25, 0.3) is 0 Å². The maximum Gasteiger partial charge on any atom is 0.129 e. The van der Waals surface area contributed by atoms with Gasteiger partial charge in [-0.3, -0.25) is 0 Å². The Morgan fingerprint density at radius 3 is 2.17 bits per heavy atom. The van der Waals surface area contributed by atoms with Crippen molar-refractivity contribution in [2.45, 2.75) is 20.3 Å². The first-order valence-electron chi connectivity index (χ1n) is 4.01. The average molecular weight is 184 g/mol. The normalized spacial score (nSPS) is 10.3. The fraction of sp³-hybridized carbons (Fsp3) is 0.400. The van der Waals surface area contributed by atoms with Gasteiger partial charge in [0.25, 0.3) is 0 Å². The summed E-state index contributed by atoms with van der Waals surface area (Å²) in [6, 6.07) is 3.77. The van der Waals surface area contributed by atoms with E-state index in [4.69, 9.17) is 0 Å². The van der Waals surface area contributed by atoms with Crippen LogP contribution >= 0.6 is 12.6 Å². The highest BCUT2D eigenvalue weighted by molar-refractivity contribution is 7.80. The van der Waals surface area contributed by atoms with Gasteiger partial charge in [-0.15, -0.1) is 0 Å². The molecule has 0 aliphatic heterocycles. The lowest BCUT2D eigenvalue weighted by molar-refractivity contribution is 0.608. The van der Waals surface area contributed by atoms with Crippen LogP contribution in [0.5, 0.6) is 0 Å². The van der Waals surface area contributed by atoms with Crippen molar-refractivity contribution in [3.63, 3.8) is 0 Å². The van der Waals surface area contributed by atoms with Crippen molar-refractivity contribution in [1.29, 1.82) is 0 Å². The summed E-state index contributed by atoms with van der Waals surface area (Å²) in [6.45, 7) is 3.59. The zero-order valence-corrected chi connectivity index (χ0v) is 8.29. The van der Waals surface area contributed by atoms with Crippen molar-refractivity contribution in [2.24, 2.45) is 0 Å². The summed E-state index contributed by atoms with van der Waals surface area (Å²) in [6.07, 6.45) is 0.908. The lowest BCUT2D eigenvalue weighted by atomic mass is 10.1. The molecule has 0 aliphatic rings. The van der Waals surface area contributed by atoms with E-state index in [9.17, 15) is 4.39 Å². The van der Waals surface area contributed by atoms with E-state index < -0.39 is 0 Å². The zero-order valence-electron chi connectivity index (χ0n) is 7.39. The Labute approximate surface area is 78.2 Å². The number of rotatable bonds is 2. The first-order valence-corrected chi connectivity index (χ1v) is 4.65. The molecule has 0 amide bonds. The van der Waals surface area contributed by atoms with Crippen molar-refractivity contribution >= 4 is 12.6 Å². The molecule has 0 bridgehead atoms. The van der Waals surface area contributed by atoms with Crippen LogP contribution in [0.1, 0.15) is 16.7 Å². The Morgan fingerprint density at radius 1 is 1.25 bits per heavy atom. The summed E-state index contributed by atoms with van der Waals surface area (Å²) in [7, 11) is 0. The topological polar surface area (TPSA) is 0 Å². The molecular weight excluding hydrogens is 171 g/mol. The number of aryl methyl sites for hydroxylation is 3. The van der Waals surface area contributed by atoms with E-state index in [0.717, 1.165) is 23.3 Å². The van der Waals surface area contributed by atoms with Crippen LogP contribution in [0, 0.1) is 19.7 Å². The van der Waals surface area contributed by atoms with E-state index in [2.05, 4.69) is 12.6 Å². The monoisotopic (exact) mass is 184 g/mol. The summed E-state index contributed by atoms with van der Waals surface area (Å²) < 4.78 is 13.1. The van der Waals surface area contributed by atoms with Gasteiger partial charge in [-0.05, 0) is 42.7 Å². The molecular formula is C10H13FS. The second kappa shape index (κ2) is 3.94. The van der Waals surface area contributed by atoms with E-state index in [1.165, 1.54) is 5.56 Å². The number of hydrogen-bond donors (Lipinski definition) is 1. The highest BCUT2D eigenvalue weighted by Gasteiger charge is 2.02. The molecule has 1 aromatic rings. The van der Waals surface area contributed by atoms with Crippen molar-refractivity contribution in [3.05, 3.63) is 34.6 Å². The summed E-state index contributed by atoms with van der Waals surface area (Å²) in [5.41, 5.74) is 2.62. The molecule has 0 nitrogen and oxygen atoms in total. The fourth-order valence-electron chi connectivity index (χ4n) is 1.31. The summed E-state index contributed by atoms with van der Waals surface area (Å²) in [4.78, 5) is 0. The van der Waals surface area contributed by atoms with Crippen LogP contribution in [0.4, 0.5) is 4.39 Å². The van der Waals surface area contributed by atoms with Crippen LogP contribution in [-0.4, -0.2) is 5.75 Å². The molecule has 2 heteroatoms. The summed E-state index contributed by atoms with van der Waals surface area (Å²) in [5.74, 6) is 0.725. The average Bonchev–Trinajstić information content (AvgIpc) is 2.01. The molecule has 0 radical (unpaired) electrons. The van der Waals surface area contributed by atoms with E-state index in [1.807, 2.05) is 12.1 Å². The third kappa shape index (κ3) is 2.01. The van der Waals surface area contributed by atoms with Crippen LogP contribution in [0.2, 0.25) is 0 Å². The molecule has 0 heterocycles. The van der Waals surface area contributed by atoms with Crippen LogP contribution in [-0.2, 0) is 6.42 Å². The number of benzene rings is 1. The molecule has 12 heavy (non-hydrogen) atoms. The number of thiol groups is 1. The SMILES string of the molecule is Cc1cc(CCS)cc(C)c1F. The molecule has 0 saturated carbocycles. The van der Waals surface area contributed by atoms with Gasteiger partial charge in [0.2, 0.25) is 0 Å². The van der Waals surface area contributed by atoms with E-state index in [0.29, 0.717) is 0 Å². The molecule has 0 fully saturated rings. The third-order valence-corrected chi connectivity index (χ3v) is 2.12. The molecule has 0 N–H and O–H groups in total. The number of hydrogen-bond acceptors (Lipinski definition) is 1. The molecule has 1 rings (SSSR count). The predicted molar refractivity (Wildman–Crippen MR) is 53.4 cm³/mol. The van der Waals surface area contributed by atoms with Gasteiger partial charge >= 0.3 is 0 Å². The molecule has 0 spiro atoms. The fourth-order valence-corrected chi connectivity index (χ4v) is 1.57. The maximum absolute atomic E-state index is 13.1. The Bertz CT molecular complexity index is 258. The predicted octanol–water partition coefficient (Wildman–Crippen LogP) is 2.91. The van der Waals surface area contributed by atoms with Gasteiger partial charge in [0.15, 0.2) is 0 Å².